The Balaban J connectivity index is 1.35. The van der Waals surface area contributed by atoms with Gasteiger partial charge in [0.15, 0.2) is 11.5 Å². The molecule has 1 aromatic carbocycles. The van der Waals surface area contributed by atoms with Crippen LogP contribution in [0.3, 0.4) is 0 Å². The molecule has 34 heavy (non-hydrogen) atoms. The van der Waals surface area contributed by atoms with E-state index in [4.69, 9.17) is 14.5 Å². The number of hydrogen-bond acceptors (Lipinski definition) is 8. The van der Waals surface area contributed by atoms with Crippen molar-refractivity contribution >= 4 is 17.5 Å². The lowest BCUT2D eigenvalue weighted by Gasteiger charge is -2.38. The number of nitrogens with one attached hydrogen (secondary N) is 1. The molecule has 3 heterocycles. The van der Waals surface area contributed by atoms with Crippen molar-refractivity contribution in [3.63, 3.8) is 0 Å². The molecule has 1 aromatic heterocycles. The minimum atomic E-state index is -0.632. The van der Waals surface area contributed by atoms with Crippen molar-refractivity contribution in [2.45, 2.75) is 51.6 Å². The van der Waals surface area contributed by atoms with Gasteiger partial charge >= 0.3 is 0 Å². The normalized spacial score (nSPS) is 17.7. The van der Waals surface area contributed by atoms with Crippen LogP contribution in [0, 0.1) is 5.92 Å². The SMILES string of the molecule is COc1ccc(Nc2nccc(N3CCC(C(C)(C)O)CC3)n2)cc1OCCCN1CCCC1. The van der Waals surface area contributed by atoms with E-state index in [0.717, 1.165) is 61.9 Å². The summed E-state index contributed by atoms with van der Waals surface area (Å²) in [7, 11) is 1.66. The van der Waals surface area contributed by atoms with E-state index in [2.05, 4.69) is 20.1 Å². The molecule has 2 aliphatic heterocycles. The Kier molecular flexibility index (Phi) is 8.11. The maximum absolute atomic E-state index is 10.3. The quantitative estimate of drug-likeness (QED) is 0.504. The van der Waals surface area contributed by atoms with Gasteiger partial charge in [-0.3, -0.25) is 0 Å². The lowest BCUT2D eigenvalue weighted by molar-refractivity contribution is 0.00646. The summed E-state index contributed by atoms with van der Waals surface area (Å²) in [5, 5.41) is 13.6. The number of nitrogens with zero attached hydrogens (tertiary/aromatic N) is 4. The van der Waals surface area contributed by atoms with Crippen molar-refractivity contribution in [3.05, 3.63) is 30.5 Å². The van der Waals surface area contributed by atoms with Crippen molar-refractivity contribution in [1.82, 2.24) is 14.9 Å². The highest BCUT2D eigenvalue weighted by molar-refractivity contribution is 5.60. The molecule has 8 nitrogen and oxygen atoms in total. The third-order valence-corrected chi connectivity index (χ3v) is 6.95. The number of aliphatic hydroxyl groups is 1. The van der Waals surface area contributed by atoms with Gasteiger partial charge in [0.05, 0.1) is 19.3 Å². The van der Waals surface area contributed by atoms with Gasteiger partial charge in [-0.05, 0) is 83.2 Å². The fraction of sp³-hybridized carbons (Fsp3) is 0.615. The number of benzene rings is 1. The van der Waals surface area contributed by atoms with Gasteiger partial charge in [0.25, 0.3) is 0 Å². The van der Waals surface area contributed by atoms with Crippen LogP contribution in [0.5, 0.6) is 11.5 Å². The van der Waals surface area contributed by atoms with Gasteiger partial charge in [0.2, 0.25) is 5.95 Å². The topological polar surface area (TPSA) is 83.0 Å². The summed E-state index contributed by atoms with van der Waals surface area (Å²) < 4.78 is 11.6. The second-order valence-electron chi connectivity index (χ2n) is 9.89. The van der Waals surface area contributed by atoms with Crippen LogP contribution >= 0.6 is 0 Å². The molecule has 2 aliphatic rings. The van der Waals surface area contributed by atoms with Gasteiger partial charge in [0.1, 0.15) is 5.82 Å². The number of likely N-dealkylation sites (tertiary alicyclic amines) is 1. The van der Waals surface area contributed by atoms with E-state index in [-0.39, 0.29) is 0 Å². The number of methoxy groups -OCH3 is 1. The highest BCUT2D eigenvalue weighted by atomic mass is 16.5. The fourth-order valence-electron chi connectivity index (χ4n) is 4.87. The minimum absolute atomic E-state index is 0.316. The van der Waals surface area contributed by atoms with Gasteiger partial charge in [-0.2, -0.15) is 4.98 Å². The molecule has 0 aliphatic carbocycles. The summed E-state index contributed by atoms with van der Waals surface area (Å²) in [6.07, 6.45) is 7.30. The molecule has 0 bridgehead atoms. The first kappa shape index (κ1) is 24.5. The molecule has 2 N–H and O–H groups in total. The molecule has 0 unspecified atom stereocenters. The van der Waals surface area contributed by atoms with E-state index in [0.29, 0.717) is 18.5 Å². The summed E-state index contributed by atoms with van der Waals surface area (Å²) in [6.45, 7) is 9.71. The van der Waals surface area contributed by atoms with Crippen molar-refractivity contribution in [3.8, 4) is 11.5 Å². The first-order valence-electron chi connectivity index (χ1n) is 12.5. The zero-order valence-corrected chi connectivity index (χ0v) is 20.8. The molecular weight excluding hydrogens is 430 g/mol. The van der Waals surface area contributed by atoms with E-state index in [1.165, 1.54) is 25.9 Å². The third-order valence-electron chi connectivity index (χ3n) is 6.95. The molecular formula is C26H39N5O3. The maximum atomic E-state index is 10.3. The standard InChI is InChI=1S/C26H39N5O3/c1-26(2,32)20-10-16-31(17-11-20)24-9-12-27-25(29-24)28-21-7-8-22(33-3)23(19-21)34-18-6-15-30-13-4-5-14-30/h7-9,12,19-20,32H,4-6,10-11,13-18H2,1-3H3,(H,27,28,29). The van der Waals surface area contributed by atoms with Gasteiger partial charge < -0.3 is 29.7 Å². The van der Waals surface area contributed by atoms with Crippen LogP contribution in [0.25, 0.3) is 0 Å². The Morgan fingerprint density at radius 3 is 2.56 bits per heavy atom. The van der Waals surface area contributed by atoms with Crippen molar-refractivity contribution in [2.75, 3.05) is 56.7 Å². The van der Waals surface area contributed by atoms with Crippen molar-refractivity contribution in [1.29, 1.82) is 0 Å². The van der Waals surface area contributed by atoms with Crippen LogP contribution in [-0.2, 0) is 0 Å². The Morgan fingerprint density at radius 2 is 1.85 bits per heavy atom. The van der Waals surface area contributed by atoms with E-state index in [1.807, 2.05) is 38.1 Å². The van der Waals surface area contributed by atoms with Gasteiger partial charge in [-0.25, -0.2) is 4.98 Å². The molecule has 2 aromatic rings. The number of aromatic nitrogens is 2. The number of piperidine rings is 1. The average Bonchev–Trinajstić information content (AvgIpc) is 3.35. The van der Waals surface area contributed by atoms with E-state index >= 15 is 0 Å². The van der Waals surface area contributed by atoms with E-state index in [1.54, 1.807) is 13.3 Å². The summed E-state index contributed by atoms with van der Waals surface area (Å²) >= 11 is 0. The lowest BCUT2D eigenvalue weighted by atomic mass is 9.83. The van der Waals surface area contributed by atoms with Crippen molar-refractivity contribution < 1.29 is 14.6 Å². The molecule has 4 rings (SSSR count). The molecule has 0 amide bonds. The predicted octanol–water partition coefficient (Wildman–Crippen LogP) is 4.08. The molecule has 0 saturated carbocycles. The fourth-order valence-corrected chi connectivity index (χ4v) is 4.87. The first-order valence-corrected chi connectivity index (χ1v) is 12.5. The van der Waals surface area contributed by atoms with E-state index in [9.17, 15) is 5.11 Å². The van der Waals surface area contributed by atoms with Crippen LogP contribution in [0.2, 0.25) is 0 Å². The van der Waals surface area contributed by atoms with Crippen LogP contribution < -0.4 is 19.7 Å². The largest absolute Gasteiger partial charge is 0.493 e. The Bertz CT molecular complexity index is 919. The first-order chi connectivity index (χ1) is 16.4. The zero-order valence-electron chi connectivity index (χ0n) is 20.8. The number of rotatable bonds is 10. The Labute approximate surface area is 203 Å². The zero-order chi connectivity index (χ0) is 24.0. The second kappa shape index (κ2) is 11.2. The highest BCUT2D eigenvalue weighted by Gasteiger charge is 2.30. The van der Waals surface area contributed by atoms with Gasteiger partial charge in [-0.1, -0.05) is 0 Å². The number of hydrogen-bond donors (Lipinski definition) is 2. The molecule has 0 radical (unpaired) electrons. The third kappa shape index (κ3) is 6.51. The summed E-state index contributed by atoms with van der Waals surface area (Å²) in [5.74, 6) is 3.21. The molecule has 0 atom stereocenters. The molecule has 8 heteroatoms. The number of ether oxygens (including phenoxy) is 2. The van der Waals surface area contributed by atoms with Crippen LogP contribution in [0.1, 0.15) is 46.0 Å². The van der Waals surface area contributed by atoms with Crippen LogP contribution in [0.4, 0.5) is 17.5 Å². The molecule has 186 valence electrons. The highest BCUT2D eigenvalue weighted by Crippen LogP contribution is 2.32. The van der Waals surface area contributed by atoms with Crippen LogP contribution in [-0.4, -0.2) is 72.0 Å². The maximum Gasteiger partial charge on any atom is 0.229 e. The summed E-state index contributed by atoms with van der Waals surface area (Å²) in [6, 6.07) is 7.74. The monoisotopic (exact) mass is 469 g/mol. The van der Waals surface area contributed by atoms with Crippen LogP contribution in [0.15, 0.2) is 30.5 Å². The average molecular weight is 470 g/mol. The van der Waals surface area contributed by atoms with Gasteiger partial charge in [-0.15, -0.1) is 0 Å². The summed E-state index contributed by atoms with van der Waals surface area (Å²) in [5.41, 5.74) is 0.223. The Hall–Kier alpha value is -2.58. The summed E-state index contributed by atoms with van der Waals surface area (Å²) in [4.78, 5) is 13.9. The molecule has 2 fully saturated rings. The second-order valence-corrected chi connectivity index (χ2v) is 9.89. The van der Waals surface area contributed by atoms with E-state index < -0.39 is 5.60 Å². The minimum Gasteiger partial charge on any atom is -0.493 e. The number of anilines is 3. The lowest BCUT2D eigenvalue weighted by Crippen LogP contribution is -2.42. The Morgan fingerprint density at radius 1 is 1.09 bits per heavy atom. The van der Waals surface area contributed by atoms with Crippen molar-refractivity contribution in [2.24, 2.45) is 5.92 Å². The molecule has 0 spiro atoms. The molecule has 2 saturated heterocycles. The van der Waals surface area contributed by atoms with Gasteiger partial charge in [0, 0.05) is 37.6 Å². The predicted molar refractivity (Wildman–Crippen MR) is 135 cm³/mol. The smallest absolute Gasteiger partial charge is 0.229 e.